The van der Waals surface area contributed by atoms with Crippen molar-refractivity contribution in [2.75, 3.05) is 0 Å². The maximum absolute atomic E-state index is 10.2. The van der Waals surface area contributed by atoms with Crippen molar-refractivity contribution in [3.8, 4) is 0 Å². The van der Waals surface area contributed by atoms with E-state index >= 15 is 0 Å². The van der Waals surface area contributed by atoms with E-state index in [0.29, 0.717) is 5.69 Å². The van der Waals surface area contributed by atoms with Gasteiger partial charge in [0, 0.05) is 0 Å². The molecule has 6 heteroatoms. The van der Waals surface area contributed by atoms with E-state index in [-0.39, 0.29) is 23.4 Å². The predicted octanol–water partition coefficient (Wildman–Crippen LogP) is 1.49. The molecule has 0 fully saturated rings. The number of aromatic amines is 1. The monoisotopic (exact) mass is 196 g/mol. The Morgan fingerprint density at radius 1 is 1.73 bits per heavy atom. The fraction of sp³-hybridized carbons (Fsp3) is 0.200. The second kappa shape index (κ2) is 3.59. The SMILES string of the molecule is Cc1[nH]c(C(=O)O)nc1Cl.Cl. The summed E-state index contributed by atoms with van der Waals surface area (Å²) in [6, 6.07) is 0. The fourth-order valence-corrected chi connectivity index (χ4v) is 0.672. The third-order valence-corrected chi connectivity index (χ3v) is 1.40. The molecule has 2 N–H and O–H groups in total. The number of rotatable bonds is 1. The van der Waals surface area contributed by atoms with E-state index in [1.54, 1.807) is 6.92 Å². The molecule has 0 saturated carbocycles. The number of nitrogens with zero attached hydrogens (tertiary/aromatic N) is 1. The molecule has 4 nitrogen and oxygen atoms in total. The van der Waals surface area contributed by atoms with E-state index in [1.165, 1.54) is 0 Å². The van der Waals surface area contributed by atoms with Gasteiger partial charge in [-0.15, -0.1) is 12.4 Å². The van der Waals surface area contributed by atoms with Crippen molar-refractivity contribution in [2.45, 2.75) is 6.92 Å². The first-order valence-electron chi connectivity index (χ1n) is 2.56. The number of hydrogen-bond donors (Lipinski definition) is 2. The lowest BCUT2D eigenvalue weighted by Crippen LogP contribution is -1.98. The topological polar surface area (TPSA) is 66.0 Å². The molecule has 0 aliphatic rings. The maximum Gasteiger partial charge on any atom is 0.371 e. The van der Waals surface area contributed by atoms with Crippen molar-refractivity contribution in [1.29, 1.82) is 0 Å². The number of H-pyrrole nitrogens is 1. The molecule has 0 bridgehead atoms. The highest BCUT2D eigenvalue weighted by atomic mass is 35.5. The lowest BCUT2D eigenvalue weighted by molar-refractivity contribution is 0.0684. The minimum absolute atomic E-state index is 0. The van der Waals surface area contributed by atoms with Gasteiger partial charge in [-0.05, 0) is 6.92 Å². The Hall–Kier alpha value is -0.740. The van der Waals surface area contributed by atoms with Crippen LogP contribution in [0, 0.1) is 6.92 Å². The van der Waals surface area contributed by atoms with E-state index in [0.717, 1.165) is 0 Å². The molecule has 0 radical (unpaired) electrons. The summed E-state index contributed by atoms with van der Waals surface area (Å²) in [4.78, 5) is 16.2. The van der Waals surface area contributed by atoms with E-state index in [4.69, 9.17) is 16.7 Å². The summed E-state index contributed by atoms with van der Waals surface area (Å²) in [5, 5.41) is 8.58. The minimum atomic E-state index is -1.10. The Morgan fingerprint density at radius 3 is 2.45 bits per heavy atom. The summed E-state index contributed by atoms with van der Waals surface area (Å²) in [5.74, 6) is -1.22. The molecule has 1 rings (SSSR count). The van der Waals surface area contributed by atoms with Gasteiger partial charge in [0.15, 0.2) is 5.15 Å². The number of carbonyl (C=O) groups is 1. The van der Waals surface area contributed by atoms with Crippen LogP contribution in [0.25, 0.3) is 0 Å². The average molecular weight is 197 g/mol. The van der Waals surface area contributed by atoms with Crippen molar-refractivity contribution < 1.29 is 9.90 Å². The standard InChI is InChI=1S/C5H5ClN2O2.ClH/c1-2-3(6)8-4(7-2)5(9)10;/h1H3,(H,7,8)(H,9,10);1H. The van der Waals surface area contributed by atoms with Gasteiger partial charge in [-0.25, -0.2) is 9.78 Å². The number of aryl methyl sites for hydroxylation is 1. The average Bonchev–Trinajstić information content (AvgIpc) is 2.13. The summed E-state index contributed by atoms with van der Waals surface area (Å²) < 4.78 is 0. The van der Waals surface area contributed by atoms with Crippen LogP contribution in [0.1, 0.15) is 16.3 Å². The molecule has 1 aromatic rings. The van der Waals surface area contributed by atoms with Crippen LogP contribution in [0.15, 0.2) is 0 Å². The summed E-state index contributed by atoms with van der Waals surface area (Å²) >= 11 is 5.47. The second-order valence-electron chi connectivity index (χ2n) is 1.81. The fourth-order valence-electron chi connectivity index (χ4n) is 0.540. The molecule has 0 amide bonds. The normalized spacial score (nSPS) is 8.91. The lowest BCUT2D eigenvalue weighted by atomic mass is 10.6. The Labute approximate surface area is 74.0 Å². The molecular weight excluding hydrogens is 191 g/mol. The van der Waals surface area contributed by atoms with E-state index in [1.807, 2.05) is 0 Å². The van der Waals surface area contributed by atoms with Gasteiger partial charge in [0.1, 0.15) is 0 Å². The van der Waals surface area contributed by atoms with E-state index in [9.17, 15) is 4.79 Å². The molecule has 1 aromatic heterocycles. The first-order chi connectivity index (χ1) is 4.61. The Morgan fingerprint density at radius 2 is 2.27 bits per heavy atom. The van der Waals surface area contributed by atoms with Gasteiger partial charge in [-0.2, -0.15) is 0 Å². The van der Waals surface area contributed by atoms with Crippen molar-refractivity contribution >= 4 is 30.0 Å². The third kappa shape index (κ3) is 2.10. The lowest BCUT2D eigenvalue weighted by Gasteiger charge is -1.80. The number of aromatic carboxylic acids is 1. The Kier molecular flexibility index (Phi) is 3.35. The number of nitrogens with one attached hydrogen (secondary N) is 1. The van der Waals surface area contributed by atoms with E-state index in [2.05, 4.69) is 9.97 Å². The Bertz CT molecular complexity index is 252. The number of halogens is 2. The number of hydrogen-bond acceptors (Lipinski definition) is 2. The van der Waals surface area contributed by atoms with Crippen molar-refractivity contribution in [1.82, 2.24) is 9.97 Å². The third-order valence-electron chi connectivity index (χ3n) is 1.03. The highest BCUT2D eigenvalue weighted by molar-refractivity contribution is 6.30. The zero-order valence-electron chi connectivity index (χ0n) is 5.59. The van der Waals surface area contributed by atoms with Gasteiger partial charge < -0.3 is 10.1 Å². The molecule has 0 atom stereocenters. The number of imidazole rings is 1. The van der Waals surface area contributed by atoms with Crippen molar-refractivity contribution in [3.63, 3.8) is 0 Å². The van der Waals surface area contributed by atoms with Crippen LogP contribution in [0.4, 0.5) is 0 Å². The van der Waals surface area contributed by atoms with E-state index < -0.39 is 5.97 Å². The summed E-state index contributed by atoms with van der Waals surface area (Å²) in [6.45, 7) is 1.65. The largest absolute Gasteiger partial charge is 0.475 e. The van der Waals surface area contributed by atoms with Crippen molar-refractivity contribution in [3.05, 3.63) is 16.7 Å². The molecule has 0 spiro atoms. The summed E-state index contributed by atoms with van der Waals surface area (Å²) in [5.41, 5.74) is 0.569. The molecule has 62 valence electrons. The zero-order chi connectivity index (χ0) is 7.72. The number of aromatic nitrogens is 2. The van der Waals surface area contributed by atoms with Gasteiger partial charge in [0.05, 0.1) is 5.69 Å². The molecule has 11 heavy (non-hydrogen) atoms. The highest BCUT2D eigenvalue weighted by Gasteiger charge is 2.09. The molecule has 0 saturated heterocycles. The van der Waals surface area contributed by atoms with Crippen LogP contribution in [-0.2, 0) is 0 Å². The predicted molar refractivity (Wildman–Crippen MR) is 42.5 cm³/mol. The van der Waals surface area contributed by atoms with Crippen LogP contribution in [0.5, 0.6) is 0 Å². The second-order valence-corrected chi connectivity index (χ2v) is 2.16. The van der Waals surface area contributed by atoms with Gasteiger partial charge in [-0.3, -0.25) is 0 Å². The molecular formula is C5H6Cl2N2O2. The van der Waals surface area contributed by atoms with Crippen LogP contribution in [0.3, 0.4) is 0 Å². The van der Waals surface area contributed by atoms with Gasteiger partial charge in [-0.1, -0.05) is 11.6 Å². The minimum Gasteiger partial charge on any atom is -0.475 e. The first-order valence-corrected chi connectivity index (χ1v) is 2.94. The molecule has 0 unspecified atom stereocenters. The summed E-state index contributed by atoms with van der Waals surface area (Å²) in [7, 11) is 0. The van der Waals surface area contributed by atoms with Gasteiger partial charge in [0.2, 0.25) is 5.82 Å². The van der Waals surface area contributed by atoms with Gasteiger partial charge >= 0.3 is 5.97 Å². The molecule has 0 aliphatic carbocycles. The van der Waals surface area contributed by atoms with Crippen LogP contribution in [0.2, 0.25) is 5.15 Å². The number of carboxylic acid groups (broad SMARTS) is 1. The van der Waals surface area contributed by atoms with Gasteiger partial charge in [0.25, 0.3) is 0 Å². The van der Waals surface area contributed by atoms with Crippen LogP contribution in [-0.4, -0.2) is 21.0 Å². The van der Waals surface area contributed by atoms with Crippen LogP contribution >= 0.6 is 24.0 Å². The quantitative estimate of drug-likeness (QED) is 0.716. The summed E-state index contributed by atoms with van der Waals surface area (Å²) in [6.07, 6.45) is 0. The molecule has 0 aromatic carbocycles. The molecule has 0 aliphatic heterocycles. The maximum atomic E-state index is 10.2. The smallest absolute Gasteiger partial charge is 0.371 e. The first kappa shape index (κ1) is 10.3. The number of carboxylic acids is 1. The molecule has 1 heterocycles. The van der Waals surface area contributed by atoms with Crippen molar-refractivity contribution in [2.24, 2.45) is 0 Å². The zero-order valence-corrected chi connectivity index (χ0v) is 7.16. The van der Waals surface area contributed by atoms with Crippen LogP contribution < -0.4 is 0 Å². The Balaban J connectivity index is 0.000001000. The highest BCUT2D eigenvalue weighted by Crippen LogP contribution is 2.10.